The smallest absolute Gasteiger partial charge is 0.410 e. The van der Waals surface area contributed by atoms with Crippen LogP contribution in [-0.4, -0.2) is 94.4 Å². The standard InChI is InChI=1S/C34H40ClN7O4/c1-40-21-37-20-28(40)30(39-32(43)34(45-2)9-10-34)27-18-22-4-3-11-38-29(22)31(25-6-5-23(35)19-26(25)27)41-14-16-42(17-15-41)33(44)46-24-7-12-36-13-8-24/h3-6,11,18-21,24,30-31,36H,7-10,12-17H2,1-2H3,(H,39,43). The highest BCUT2D eigenvalue weighted by Gasteiger charge is 2.51. The van der Waals surface area contributed by atoms with Crippen molar-refractivity contribution in [3.05, 3.63) is 82.2 Å². The van der Waals surface area contributed by atoms with Gasteiger partial charge in [0.1, 0.15) is 11.7 Å². The third kappa shape index (κ3) is 5.92. The number of amides is 2. The Hall–Kier alpha value is -3.77. The van der Waals surface area contributed by atoms with E-state index >= 15 is 0 Å². The normalized spacial score (nSPS) is 21.8. The van der Waals surface area contributed by atoms with Crippen molar-refractivity contribution in [1.82, 2.24) is 35.0 Å². The van der Waals surface area contributed by atoms with E-state index in [1.165, 1.54) is 0 Å². The zero-order chi connectivity index (χ0) is 31.8. The van der Waals surface area contributed by atoms with Gasteiger partial charge in [0.15, 0.2) is 0 Å². The highest BCUT2D eigenvalue weighted by Crippen LogP contribution is 2.45. The van der Waals surface area contributed by atoms with E-state index < -0.39 is 11.6 Å². The number of rotatable bonds is 7. The molecule has 242 valence electrons. The molecule has 3 fully saturated rings. The Bertz CT molecular complexity index is 1640. The molecule has 2 aliphatic heterocycles. The fourth-order valence-corrected chi connectivity index (χ4v) is 7.12. The first-order chi connectivity index (χ1) is 22.4. The van der Waals surface area contributed by atoms with E-state index in [0.29, 0.717) is 44.0 Å². The molecule has 2 saturated heterocycles. The number of hydrogen-bond acceptors (Lipinski definition) is 8. The van der Waals surface area contributed by atoms with Crippen LogP contribution in [0.4, 0.5) is 4.79 Å². The largest absolute Gasteiger partial charge is 0.446 e. The summed E-state index contributed by atoms with van der Waals surface area (Å²) in [5.41, 5.74) is 4.75. The van der Waals surface area contributed by atoms with E-state index in [9.17, 15) is 9.59 Å². The number of nitrogens with zero attached hydrogens (tertiary/aromatic N) is 5. The Balaban J connectivity index is 1.23. The average molecular weight is 646 g/mol. The maximum atomic E-state index is 13.7. The van der Waals surface area contributed by atoms with Gasteiger partial charge in [-0.05, 0) is 85.3 Å². The van der Waals surface area contributed by atoms with Gasteiger partial charge in [0.2, 0.25) is 0 Å². The van der Waals surface area contributed by atoms with Gasteiger partial charge in [-0.3, -0.25) is 14.7 Å². The minimum Gasteiger partial charge on any atom is -0.446 e. The predicted molar refractivity (Wildman–Crippen MR) is 174 cm³/mol. The molecule has 2 amide bonds. The highest BCUT2D eigenvalue weighted by atomic mass is 35.5. The van der Waals surface area contributed by atoms with Gasteiger partial charge in [-0.15, -0.1) is 0 Å². The Morgan fingerprint density at radius 1 is 1.13 bits per heavy atom. The summed E-state index contributed by atoms with van der Waals surface area (Å²) >= 11 is 6.70. The molecular formula is C34H40ClN7O4. The summed E-state index contributed by atoms with van der Waals surface area (Å²) in [6, 6.07) is 9.23. The molecule has 2 N–H and O–H groups in total. The number of fused-ring (bicyclic) bond motifs is 2. The number of aromatic nitrogens is 3. The number of methoxy groups -OCH3 is 1. The number of aryl methyl sites for hydroxylation is 1. The second-order valence-corrected chi connectivity index (χ2v) is 13.0. The number of piperazine rings is 1. The molecule has 7 rings (SSSR count). The number of nitrogens with one attached hydrogen (secondary N) is 2. The van der Waals surface area contributed by atoms with Gasteiger partial charge in [0.05, 0.1) is 36.0 Å². The lowest BCUT2D eigenvalue weighted by atomic mass is 9.89. The number of pyridine rings is 1. The van der Waals surface area contributed by atoms with Crippen LogP contribution >= 0.6 is 11.6 Å². The topological polar surface area (TPSA) is 114 Å². The molecule has 2 atom stereocenters. The lowest BCUT2D eigenvalue weighted by Gasteiger charge is -2.40. The zero-order valence-electron chi connectivity index (χ0n) is 26.2. The van der Waals surface area contributed by atoms with Gasteiger partial charge in [-0.1, -0.05) is 23.7 Å². The number of piperidine rings is 1. The summed E-state index contributed by atoms with van der Waals surface area (Å²) in [6.07, 6.45) is 10.3. The van der Waals surface area contributed by atoms with Crippen LogP contribution in [0.25, 0.3) is 11.6 Å². The van der Waals surface area contributed by atoms with Crippen LogP contribution in [0.1, 0.15) is 65.8 Å². The van der Waals surface area contributed by atoms with Gasteiger partial charge in [0.25, 0.3) is 5.91 Å². The minimum absolute atomic E-state index is 0.0302. The molecule has 4 heterocycles. The molecule has 2 aliphatic carbocycles. The summed E-state index contributed by atoms with van der Waals surface area (Å²) in [5.74, 6) is -0.148. The van der Waals surface area contributed by atoms with E-state index in [-0.39, 0.29) is 24.1 Å². The molecule has 0 radical (unpaired) electrons. The van der Waals surface area contributed by atoms with Crippen LogP contribution in [0.2, 0.25) is 5.02 Å². The zero-order valence-corrected chi connectivity index (χ0v) is 27.0. The van der Waals surface area contributed by atoms with Gasteiger partial charge in [-0.25, -0.2) is 9.78 Å². The third-order valence-corrected chi connectivity index (χ3v) is 10.0. The lowest BCUT2D eigenvalue weighted by molar-refractivity contribution is -0.134. The Kier molecular flexibility index (Phi) is 8.58. The molecule has 12 heteroatoms. The molecule has 2 aromatic heterocycles. The Morgan fingerprint density at radius 3 is 2.61 bits per heavy atom. The van der Waals surface area contributed by atoms with Crippen molar-refractivity contribution in [2.45, 2.75) is 49.5 Å². The SMILES string of the molecule is COC1(C(=O)NC(C2=Cc3cccnc3C(N3CCN(C(=O)OC4CCNCC4)CC3)c3ccc(Cl)cc32)c2cncn2C)CC1. The molecule has 0 bridgehead atoms. The second-order valence-electron chi connectivity index (χ2n) is 12.6. The summed E-state index contributed by atoms with van der Waals surface area (Å²) < 4.78 is 13.4. The van der Waals surface area contributed by atoms with Crippen molar-refractivity contribution in [1.29, 1.82) is 0 Å². The number of halogens is 1. The molecule has 3 aromatic rings. The summed E-state index contributed by atoms with van der Waals surface area (Å²) in [4.78, 5) is 40.2. The van der Waals surface area contributed by atoms with Gasteiger partial charge < -0.3 is 29.6 Å². The fourth-order valence-electron chi connectivity index (χ4n) is 6.95. The van der Waals surface area contributed by atoms with Gasteiger partial charge in [0, 0.05) is 51.6 Å². The molecule has 1 aromatic carbocycles. The monoisotopic (exact) mass is 645 g/mol. The first-order valence-corrected chi connectivity index (χ1v) is 16.4. The number of hydrogen-bond donors (Lipinski definition) is 2. The molecular weight excluding hydrogens is 606 g/mol. The van der Waals surface area contributed by atoms with Crippen molar-refractivity contribution >= 4 is 35.3 Å². The second kappa shape index (κ2) is 12.8. The number of carbonyl (C=O) groups is 2. The van der Waals surface area contributed by atoms with Gasteiger partial charge in [-0.2, -0.15) is 0 Å². The maximum Gasteiger partial charge on any atom is 0.410 e. The molecule has 2 unspecified atom stereocenters. The number of ether oxygens (including phenoxy) is 2. The fraction of sp³-hybridized carbons (Fsp3) is 0.471. The van der Waals surface area contributed by atoms with E-state index in [1.54, 1.807) is 19.6 Å². The van der Waals surface area contributed by atoms with E-state index in [0.717, 1.165) is 59.6 Å². The third-order valence-electron chi connectivity index (χ3n) is 9.80. The van der Waals surface area contributed by atoms with Crippen LogP contribution in [0.5, 0.6) is 0 Å². The van der Waals surface area contributed by atoms with Crippen LogP contribution in [0, 0.1) is 0 Å². The van der Waals surface area contributed by atoms with Crippen molar-refractivity contribution < 1.29 is 19.1 Å². The average Bonchev–Trinajstić information content (AvgIpc) is 3.80. The molecule has 4 aliphatic rings. The van der Waals surface area contributed by atoms with Crippen molar-refractivity contribution in [2.24, 2.45) is 7.05 Å². The summed E-state index contributed by atoms with van der Waals surface area (Å²) in [6.45, 7) is 4.15. The molecule has 11 nitrogen and oxygen atoms in total. The van der Waals surface area contributed by atoms with Crippen LogP contribution < -0.4 is 10.6 Å². The molecule has 46 heavy (non-hydrogen) atoms. The van der Waals surface area contributed by atoms with Crippen molar-refractivity contribution in [3.63, 3.8) is 0 Å². The molecule has 1 saturated carbocycles. The van der Waals surface area contributed by atoms with Crippen LogP contribution in [0.3, 0.4) is 0 Å². The number of benzene rings is 1. The predicted octanol–water partition coefficient (Wildman–Crippen LogP) is 3.95. The molecule has 0 spiro atoms. The Labute approximate surface area is 273 Å². The lowest BCUT2D eigenvalue weighted by Crippen LogP contribution is -2.51. The first-order valence-electron chi connectivity index (χ1n) is 16.1. The van der Waals surface area contributed by atoms with Gasteiger partial charge >= 0.3 is 6.09 Å². The quantitative estimate of drug-likeness (QED) is 0.397. The van der Waals surface area contributed by atoms with Crippen LogP contribution in [0.15, 0.2) is 49.1 Å². The maximum absolute atomic E-state index is 13.7. The van der Waals surface area contributed by atoms with Crippen LogP contribution in [-0.2, 0) is 21.3 Å². The van der Waals surface area contributed by atoms with E-state index in [4.69, 9.17) is 26.1 Å². The van der Waals surface area contributed by atoms with E-state index in [2.05, 4.69) is 38.7 Å². The number of imidazole rings is 1. The van der Waals surface area contributed by atoms with Crippen molar-refractivity contribution in [2.75, 3.05) is 46.4 Å². The Morgan fingerprint density at radius 2 is 1.91 bits per heavy atom. The van der Waals surface area contributed by atoms with E-state index in [1.807, 2.05) is 40.9 Å². The number of carbonyl (C=O) groups excluding carboxylic acids is 2. The first kappa shape index (κ1) is 30.9. The minimum atomic E-state index is -0.810. The summed E-state index contributed by atoms with van der Waals surface area (Å²) in [7, 11) is 3.51. The summed E-state index contributed by atoms with van der Waals surface area (Å²) in [5, 5.41) is 7.23. The highest BCUT2D eigenvalue weighted by molar-refractivity contribution is 6.30. The van der Waals surface area contributed by atoms with Crippen molar-refractivity contribution in [3.8, 4) is 0 Å².